The molecule has 0 radical (unpaired) electrons. The first-order valence-corrected chi connectivity index (χ1v) is 8.24. The summed E-state index contributed by atoms with van der Waals surface area (Å²) in [6.07, 6.45) is 2.33. The molecular weight excluding hydrogens is 356 g/mol. The lowest BCUT2D eigenvalue weighted by atomic mass is 9.99. The van der Waals surface area contributed by atoms with E-state index in [0.717, 1.165) is 24.2 Å². The van der Waals surface area contributed by atoms with Gasteiger partial charge in [-0.15, -0.1) is 0 Å². The minimum absolute atomic E-state index is 0.0238. The maximum atomic E-state index is 14.4. The smallest absolute Gasteiger partial charge is 0.332 e. The maximum absolute atomic E-state index is 14.4. The van der Waals surface area contributed by atoms with Gasteiger partial charge in [0.2, 0.25) is 11.6 Å². The molecule has 3 aliphatic rings. The van der Waals surface area contributed by atoms with E-state index in [0.29, 0.717) is 0 Å². The number of aryl methyl sites for hydroxylation is 1. The van der Waals surface area contributed by atoms with Crippen molar-refractivity contribution in [2.24, 2.45) is 5.92 Å². The van der Waals surface area contributed by atoms with Crippen LogP contribution < -0.4 is 4.90 Å². The highest BCUT2D eigenvalue weighted by Crippen LogP contribution is 2.49. The Morgan fingerprint density at radius 2 is 1.69 bits per heavy atom. The standard InChI is InChI=1S/C17H12F4N2O3/c1-5-13(8-9(18)10(19)11(20)12(21)15(8)26-5)23-16(24)14-6-2-3-7(4-6)22(14)17(23)25/h6-7,14H,2-4H2,1H3. The number of imide groups is 1. The molecule has 3 atom stereocenters. The third-order valence-electron chi connectivity index (χ3n) is 5.74. The van der Waals surface area contributed by atoms with Crippen molar-refractivity contribution >= 4 is 28.6 Å². The third-order valence-corrected chi connectivity index (χ3v) is 5.74. The van der Waals surface area contributed by atoms with Crippen LogP contribution >= 0.6 is 0 Å². The maximum Gasteiger partial charge on any atom is 0.332 e. The number of amides is 3. The zero-order valence-electron chi connectivity index (χ0n) is 13.5. The summed E-state index contributed by atoms with van der Waals surface area (Å²) >= 11 is 0. The average Bonchev–Trinajstić information content (AvgIpc) is 3.35. The fourth-order valence-corrected chi connectivity index (χ4v) is 4.69. The van der Waals surface area contributed by atoms with E-state index < -0.39 is 52.2 Å². The van der Waals surface area contributed by atoms with Crippen molar-refractivity contribution in [2.75, 3.05) is 4.90 Å². The van der Waals surface area contributed by atoms with Crippen molar-refractivity contribution < 1.29 is 31.6 Å². The van der Waals surface area contributed by atoms with Crippen LogP contribution in [-0.2, 0) is 4.79 Å². The summed E-state index contributed by atoms with van der Waals surface area (Å²) in [5.74, 6) is -8.13. The second-order valence-electron chi connectivity index (χ2n) is 7.00. The van der Waals surface area contributed by atoms with E-state index in [4.69, 9.17) is 4.42 Å². The molecule has 1 aromatic heterocycles. The van der Waals surface area contributed by atoms with Crippen LogP contribution in [0.25, 0.3) is 11.0 Å². The predicted molar refractivity (Wildman–Crippen MR) is 80.4 cm³/mol. The summed E-state index contributed by atoms with van der Waals surface area (Å²) in [6.45, 7) is 1.28. The lowest BCUT2D eigenvalue weighted by Gasteiger charge is -2.25. The van der Waals surface area contributed by atoms with Gasteiger partial charge < -0.3 is 9.32 Å². The highest BCUT2D eigenvalue weighted by Gasteiger charge is 2.60. The Balaban J connectivity index is 1.75. The molecule has 3 unspecified atom stereocenters. The van der Waals surface area contributed by atoms with Gasteiger partial charge in [0.15, 0.2) is 17.2 Å². The first-order valence-electron chi connectivity index (χ1n) is 8.24. The Labute approximate surface area is 144 Å². The molecular formula is C17H12F4N2O3. The summed E-state index contributed by atoms with van der Waals surface area (Å²) in [5, 5.41) is -0.742. The molecule has 2 bridgehead atoms. The fourth-order valence-electron chi connectivity index (χ4n) is 4.69. The molecule has 1 aliphatic carbocycles. The number of urea groups is 1. The predicted octanol–water partition coefficient (Wildman–Crippen LogP) is 3.62. The number of rotatable bonds is 1. The highest BCUT2D eigenvalue weighted by molar-refractivity contribution is 6.25. The van der Waals surface area contributed by atoms with Gasteiger partial charge >= 0.3 is 6.03 Å². The van der Waals surface area contributed by atoms with Gasteiger partial charge in [0.1, 0.15) is 17.5 Å². The van der Waals surface area contributed by atoms with E-state index in [1.54, 1.807) is 0 Å². The van der Waals surface area contributed by atoms with Crippen molar-refractivity contribution in [3.05, 3.63) is 29.0 Å². The Bertz CT molecular complexity index is 990. The molecule has 3 fully saturated rings. The van der Waals surface area contributed by atoms with Gasteiger partial charge in [0, 0.05) is 6.04 Å². The van der Waals surface area contributed by atoms with Crippen LogP contribution in [0, 0.1) is 36.1 Å². The summed E-state index contributed by atoms with van der Waals surface area (Å²) in [7, 11) is 0. The molecule has 2 aromatic rings. The van der Waals surface area contributed by atoms with Crippen LogP contribution in [0.4, 0.5) is 28.0 Å². The first-order chi connectivity index (χ1) is 12.3. The molecule has 5 rings (SSSR count). The van der Waals surface area contributed by atoms with Gasteiger partial charge in [-0.1, -0.05) is 0 Å². The minimum atomic E-state index is -2.02. The number of halogens is 4. The normalized spacial score (nSPS) is 27.3. The van der Waals surface area contributed by atoms with Crippen LogP contribution in [0.1, 0.15) is 25.0 Å². The van der Waals surface area contributed by atoms with E-state index in [-0.39, 0.29) is 23.4 Å². The number of fused-ring (bicyclic) bond motifs is 6. The summed E-state index contributed by atoms with van der Waals surface area (Å²) < 4.78 is 60.6. The molecule has 0 spiro atoms. The number of furan rings is 1. The monoisotopic (exact) mass is 368 g/mol. The number of benzene rings is 1. The van der Waals surface area contributed by atoms with Crippen LogP contribution in [-0.4, -0.2) is 28.9 Å². The van der Waals surface area contributed by atoms with Gasteiger partial charge in [0.25, 0.3) is 5.91 Å². The van der Waals surface area contributed by atoms with Gasteiger partial charge in [-0.05, 0) is 32.1 Å². The van der Waals surface area contributed by atoms with Crippen molar-refractivity contribution in [3.63, 3.8) is 0 Å². The molecule has 2 aliphatic heterocycles. The largest absolute Gasteiger partial charge is 0.456 e. The first kappa shape index (κ1) is 15.7. The number of carbonyl (C=O) groups is 2. The van der Waals surface area contributed by atoms with Crippen molar-refractivity contribution in [1.82, 2.24) is 4.90 Å². The molecule has 136 valence electrons. The fraction of sp³-hybridized carbons (Fsp3) is 0.412. The highest BCUT2D eigenvalue weighted by atomic mass is 19.2. The van der Waals surface area contributed by atoms with E-state index in [9.17, 15) is 27.2 Å². The van der Waals surface area contributed by atoms with E-state index >= 15 is 0 Å². The van der Waals surface area contributed by atoms with E-state index in [2.05, 4.69) is 0 Å². The minimum Gasteiger partial charge on any atom is -0.456 e. The summed E-state index contributed by atoms with van der Waals surface area (Å²) in [5.41, 5.74) is -1.22. The van der Waals surface area contributed by atoms with Gasteiger partial charge in [0.05, 0.1) is 5.39 Å². The van der Waals surface area contributed by atoms with Crippen LogP contribution in [0.3, 0.4) is 0 Å². The van der Waals surface area contributed by atoms with Gasteiger partial charge in [-0.3, -0.25) is 4.79 Å². The molecule has 26 heavy (non-hydrogen) atoms. The van der Waals surface area contributed by atoms with Crippen molar-refractivity contribution in [3.8, 4) is 0 Å². The van der Waals surface area contributed by atoms with Gasteiger partial charge in [-0.25, -0.2) is 22.9 Å². The Hall–Kier alpha value is -2.58. The lowest BCUT2D eigenvalue weighted by Crippen LogP contribution is -2.40. The molecule has 9 heteroatoms. The van der Waals surface area contributed by atoms with Crippen LogP contribution in [0.2, 0.25) is 0 Å². The molecule has 1 saturated carbocycles. The van der Waals surface area contributed by atoms with E-state index in [1.807, 2.05) is 0 Å². The molecule has 5 nitrogen and oxygen atoms in total. The number of nitrogens with zero attached hydrogens (tertiary/aromatic N) is 2. The third kappa shape index (κ3) is 1.61. The number of hydrogen-bond acceptors (Lipinski definition) is 3. The number of piperidine rings is 1. The van der Waals surface area contributed by atoms with Crippen LogP contribution in [0.15, 0.2) is 4.42 Å². The SMILES string of the molecule is Cc1oc2c(F)c(F)c(F)c(F)c2c1N1C(=O)C2C3CCC(C3)N2C1=O. The molecule has 3 amide bonds. The number of anilines is 1. The van der Waals surface area contributed by atoms with E-state index in [1.165, 1.54) is 11.8 Å². The second-order valence-corrected chi connectivity index (χ2v) is 7.00. The average molecular weight is 368 g/mol. The molecule has 2 saturated heterocycles. The van der Waals surface area contributed by atoms with Crippen LogP contribution in [0.5, 0.6) is 0 Å². The second kappa shape index (κ2) is 4.77. The van der Waals surface area contributed by atoms with Gasteiger partial charge in [-0.2, -0.15) is 4.39 Å². The topological polar surface area (TPSA) is 53.8 Å². The zero-order valence-corrected chi connectivity index (χ0v) is 13.5. The lowest BCUT2D eigenvalue weighted by molar-refractivity contribution is -0.120. The zero-order chi connectivity index (χ0) is 18.5. The number of hydrogen-bond donors (Lipinski definition) is 0. The Kier molecular flexibility index (Phi) is 2.87. The molecule has 1 aromatic carbocycles. The molecule has 3 heterocycles. The van der Waals surface area contributed by atoms with Crippen molar-refractivity contribution in [1.29, 1.82) is 0 Å². The quantitative estimate of drug-likeness (QED) is 0.334. The Morgan fingerprint density at radius 1 is 1.00 bits per heavy atom. The summed E-state index contributed by atoms with van der Waals surface area (Å²) in [6, 6.07) is -1.38. The van der Waals surface area contributed by atoms with Crippen molar-refractivity contribution in [2.45, 2.75) is 38.3 Å². The Morgan fingerprint density at radius 3 is 2.38 bits per heavy atom. The molecule has 0 N–H and O–H groups in total. The number of carbonyl (C=O) groups excluding carboxylic acids is 2. The summed E-state index contributed by atoms with van der Waals surface area (Å²) in [4.78, 5) is 27.9.